The third kappa shape index (κ3) is 9.63. The Morgan fingerprint density at radius 1 is 1.07 bits per heavy atom. The number of aliphatic imine (C=N–C) groups is 1. The topological polar surface area (TPSA) is 124 Å². The van der Waals surface area contributed by atoms with Crippen molar-refractivity contribution < 1.29 is 18.8 Å². The minimum absolute atomic E-state index is 0.155. The first-order chi connectivity index (χ1) is 25.9. The van der Waals surface area contributed by atoms with Crippen molar-refractivity contribution in [2.45, 2.75) is 71.3 Å². The number of hydrogen-bond donors (Lipinski definition) is 1. The first-order valence-electron chi connectivity index (χ1n) is 17.8. The predicted octanol–water partition coefficient (Wildman–Crippen LogP) is 8.65. The summed E-state index contributed by atoms with van der Waals surface area (Å²) in [6.45, 7) is 10.3. The highest BCUT2D eigenvalue weighted by Gasteiger charge is 2.39. The summed E-state index contributed by atoms with van der Waals surface area (Å²) in [5, 5.41) is 17.6. The number of rotatable bonds is 11. The van der Waals surface area contributed by atoms with Gasteiger partial charge in [0.25, 0.3) is 0 Å². The van der Waals surface area contributed by atoms with Gasteiger partial charge in [0.2, 0.25) is 5.91 Å². The Labute approximate surface area is 325 Å². The number of carbonyl (C=O) groups excluding carboxylic acids is 2. The Morgan fingerprint density at radius 2 is 1.76 bits per heavy atom. The van der Waals surface area contributed by atoms with E-state index in [0.29, 0.717) is 46.6 Å². The molecule has 12 heteroatoms. The number of nitrogens with zero attached hydrogens (tertiary/aromatic N) is 5. The Balaban J connectivity index is 1.36. The number of nitriles is 1. The third-order valence-corrected chi connectivity index (χ3v) is 10.1. The molecule has 0 aliphatic carbocycles. The highest BCUT2D eigenvalue weighted by Crippen LogP contribution is 2.32. The molecule has 1 aliphatic heterocycles. The molecule has 3 heterocycles. The molecule has 0 saturated carbocycles. The summed E-state index contributed by atoms with van der Waals surface area (Å²) >= 11 is 7.54. The van der Waals surface area contributed by atoms with Crippen LogP contribution in [0.25, 0.3) is 10.6 Å². The number of hydrogen-bond acceptors (Lipinski definition) is 9. The molecule has 278 valence electrons. The summed E-state index contributed by atoms with van der Waals surface area (Å²) in [4.78, 5) is 37.0. The number of carbonyl (C=O) groups is 2. The van der Waals surface area contributed by atoms with Gasteiger partial charge in [0.1, 0.15) is 11.7 Å². The van der Waals surface area contributed by atoms with Crippen molar-refractivity contribution in [3.05, 3.63) is 129 Å². The molecule has 6 rings (SSSR count). The van der Waals surface area contributed by atoms with Gasteiger partial charge < -0.3 is 19.5 Å². The van der Waals surface area contributed by atoms with Crippen molar-refractivity contribution >= 4 is 46.3 Å². The maximum Gasteiger partial charge on any atom is 0.410 e. The van der Waals surface area contributed by atoms with Crippen molar-refractivity contribution in [2.75, 3.05) is 13.1 Å². The van der Waals surface area contributed by atoms with E-state index in [1.165, 1.54) is 11.3 Å². The van der Waals surface area contributed by atoms with Gasteiger partial charge in [-0.2, -0.15) is 5.26 Å². The largest absolute Gasteiger partial charge is 0.444 e. The molecule has 0 bridgehead atoms. The summed E-state index contributed by atoms with van der Waals surface area (Å²) in [5.41, 5.74) is 4.26. The van der Waals surface area contributed by atoms with Crippen LogP contribution in [0.1, 0.15) is 62.6 Å². The summed E-state index contributed by atoms with van der Waals surface area (Å²) < 4.78 is 12.2. The lowest BCUT2D eigenvalue weighted by atomic mass is 9.94. The molecular formula is C42H43ClN6O4S. The molecule has 1 N–H and O–H groups in total. The zero-order valence-corrected chi connectivity index (χ0v) is 32.5. The van der Waals surface area contributed by atoms with E-state index in [2.05, 4.69) is 16.5 Å². The van der Waals surface area contributed by atoms with Gasteiger partial charge in [-0.05, 0) is 70.9 Å². The van der Waals surface area contributed by atoms with E-state index in [4.69, 9.17) is 25.9 Å². The lowest BCUT2D eigenvalue weighted by Gasteiger charge is -2.43. The minimum Gasteiger partial charge on any atom is -0.444 e. The van der Waals surface area contributed by atoms with Crippen molar-refractivity contribution in [2.24, 2.45) is 4.99 Å². The summed E-state index contributed by atoms with van der Waals surface area (Å²) in [6, 6.07) is 31.9. The van der Waals surface area contributed by atoms with E-state index in [0.717, 1.165) is 27.3 Å². The smallest absolute Gasteiger partial charge is 0.410 e. The Bertz CT molecular complexity index is 2110. The molecule has 1 aliphatic rings. The van der Waals surface area contributed by atoms with Crippen LogP contribution < -0.4 is 5.32 Å². The number of nitrogens with one attached hydrogen (secondary N) is 1. The summed E-state index contributed by atoms with van der Waals surface area (Å²) in [6.07, 6.45) is -0.129. The molecule has 1 fully saturated rings. The second kappa shape index (κ2) is 16.8. The number of amides is 2. The highest BCUT2D eigenvalue weighted by molar-refractivity contribution is 7.19. The van der Waals surface area contributed by atoms with Crippen molar-refractivity contribution in [1.29, 1.82) is 5.26 Å². The number of piperazine rings is 1. The molecule has 2 atom stereocenters. The van der Waals surface area contributed by atoms with Crippen LogP contribution in [-0.2, 0) is 22.5 Å². The van der Waals surface area contributed by atoms with Gasteiger partial charge in [-0.25, -0.2) is 9.79 Å². The second-order valence-corrected chi connectivity index (χ2v) is 16.3. The van der Waals surface area contributed by atoms with E-state index in [9.17, 15) is 14.9 Å². The van der Waals surface area contributed by atoms with Crippen molar-refractivity contribution in [3.8, 4) is 16.7 Å². The van der Waals surface area contributed by atoms with E-state index in [1.807, 2.05) is 131 Å². The number of benzene rings is 3. The van der Waals surface area contributed by atoms with Crippen LogP contribution in [0.5, 0.6) is 0 Å². The molecule has 2 amide bonds. The van der Waals surface area contributed by atoms with Crippen LogP contribution in [0.4, 0.5) is 10.5 Å². The third-order valence-electron chi connectivity index (χ3n) is 8.87. The fourth-order valence-corrected chi connectivity index (χ4v) is 7.57. The van der Waals surface area contributed by atoms with Crippen LogP contribution in [0.2, 0.25) is 4.34 Å². The van der Waals surface area contributed by atoms with Gasteiger partial charge in [0.05, 0.1) is 50.5 Å². The zero-order chi connectivity index (χ0) is 38.4. The first kappa shape index (κ1) is 38.4. The summed E-state index contributed by atoms with van der Waals surface area (Å²) in [5.74, 6) is 0.439. The molecule has 10 nitrogen and oxygen atoms in total. The van der Waals surface area contributed by atoms with Crippen LogP contribution in [0.3, 0.4) is 0 Å². The van der Waals surface area contributed by atoms with Gasteiger partial charge in [-0.15, -0.1) is 11.3 Å². The van der Waals surface area contributed by atoms with E-state index in [1.54, 1.807) is 11.0 Å². The maximum absolute atomic E-state index is 14.0. The maximum atomic E-state index is 14.0. The van der Waals surface area contributed by atoms with Crippen LogP contribution in [0, 0.1) is 11.3 Å². The average molecular weight is 763 g/mol. The lowest BCUT2D eigenvalue weighted by Crippen LogP contribution is -2.64. The summed E-state index contributed by atoms with van der Waals surface area (Å²) in [7, 11) is 0. The van der Waals surface area contributed by atoms with E-state index < -0.39 is 23.8 Å². The molecule has 0 spiro atoms. The predicted molar refractivity (Wildman–Crippen MR) is 212 cm³/mol. The molecule has 5 aromatic rings. The number of thiophene rings is 1. The fourth-order valence-electron chi connectivity index (χ4n) is 6.58. The molecule has 0 radical (unpaired) electrons. The van der Waals surface area contributed by atoms with E-state index >= 15 is 0 Å². The van der Waals surface area contributed by atoms with Crippen LogP contribution in [-0.4, -0.2) is 69.5 Å². The van der Waals surface area contributed by atoms with Crippen molar-refractivity contribution in [1.82, 2.24) is 20.3 Å². The number of ether oxygens (including phenoxy) is 1. The molecule has 2 unspecified atom stereocenters. The molecular weight excluding hydrogens is 720 g/mol. The molecule has 54 heavy (non-hydrogen) atoms. The Kier molecular flexibility index (Phi) is 12.0. The molecule has 1 saturated heterocycles. The van der Waals surface area contributed by atoms with E-state index in [-0.39, 0.29) is 18.5 Å². The second-order valence-electron chi connectivity index (χ2n) is 14.5. The molecule has 3 aromatic carbocycles. The first-order valence-corrected chi connectivity index (χ1v) is 19.0. The monoisotopic (exact) mass is 762 g/mol. The minimum atomic E-state index is -0.740. The average Bonchev–Trinajstić information content (AvgIpc) is 3.78. The SMILES string of the molecule is CC(C)N(C(=O)OC(C)(C)C)C(Cc1ccc(C#N)c(N=C(c2ccccc2)c2ccccc2)c1)C1CN(Cc2cc(-c3ccc(Cl)s3)on2)CC(=O)N1. The Hall–Kier alpha value is -5.28. The van der Waals surface area contributed by atoms with Gasteiger partial charge in [0.15, 0.2) is 5.76 Å². The fraction of sp³-hybridized carbons (Fsp3) is 0.310. The molecule has 2 aromatic heterocycles. The Morgan fingerprint density at radius 3 is 2.35 bits per heavy atom. The van der Waals surface area contributed by atoms with Crippen LogP contribution >= 0.6 is 22.9 Å². The normalized spacial score (nSPS) is 15.3. The number of halogens is 1. The van der Waals surface area contributed by atoms with Crippen molar-refractivity contribution in [3.63, 3.8) is 0 Å². The van der Waals surface area contributed by atoms with Gasteiger partial charge in [0, 0.05) is 36.3 Å². The highest BCUT2D eigenvalue weighted by atomic mass is 35.5. The van der Waals surface area contributed by atoms with Gasteiger partial charge in [-0.3, -0.25) is 9.69 Å². The number of aromatic nitrogens is 1. The quantitative estimate of drug-likeness (QED) is 0.134. The van der Waals surface area contributed by atoms with Gasteiger partial charge in [-0.1, -0.05) is 83.5 Å². The zero-order valence-electron chi connectivity index (χ0n) is 31.0. The lowest BCUT2D eigenvalue weighted by molar-refractivity contribution is -0.127. The van der Waals surface area contributed by atoms with Gasteiger partial charge >= 0.3 is 6.09 Å². The van der Waals surface area contributed by atoms with Crippen LogP contribution in [0.15, 0.2) is 107 Å². The standard InChI is InChI=1S/C42H43ClN6O4S/c1-27(2)49(41(51)52-42(3,4)5)35(34-25-48(26-39(50)45-34)24-32-22-36(53-47-32)37-18-19-38(43)54-37)21-28-16-17-31(23-44)33(20-28)46-40(29-12-8-6-9-13-29)30-14-10-7-11-15-30/h6-20,22,27,34-35H,21,24-26H2,1-5H3,(H,45,50).